The first-order valence-electron chi connectivity index (χ1n) is 7.74. The van der Waals surface area contributed by atoms with Crippen molar-refractivity contribution in [1.82, 2.24) is 0 Å². The SMILES string of the molecule is CCCCCCC[CH2][Fe]([C]1=CC=CC1)[C]1=CC=CC1. The van der Waals surface area contributed by atoms with E-state index in [-0.39, 0.29) is 13.9 Å². The van der Waals surface area contributed by atoms with Gasteiger partial charge in [-0.15, -0.1) is 0 Å². The van der Waals surface area contributed by atoms with Crippen molar-refractivity contribution in [1.29, 1.82) is 0 Å². The second-order valence-electron chi connectivity index (χ2n) is 5.24. The van der Waals surface area contributed by atoms with Crippen LogP contribution < -0.4 is 0 Å². The van der Waals surface area contributed by atoms with Crippen LogP contribution in [0.3, 0.4) is 0 Å². The third-order valence-electron chi connectivity index (χ3n) is 3.64. The summed E-state index contributed by atoms with van der Waals surface area (Å²) in [5, 5.41) is 1.44. The monoisotopic (exact) mass is 299 g/mol. The van der Waals surface area contributed by atoms with E-state index in [0.29, 0.717) is 0 Å². The van der Waals surface area contributed by atoms with E-state index in [1.807, 2.05) is 0 Å². The quantitative estimate of drug-likeness (QED) is 0.358. The minimum atomic E-state index is -0.193. The van der Waals surface area contributed by atoms with Gasteiger partial charge in [0.2, 0.25) is 0 Å². The molecule has 0 aromatic rings. The number of hydrogen-bond donors (Lipinski definition) is 0. The van der Waals surface area contributed by atoms with Crippen molar-refractivity contribution in [2.45, 2.75) is 63.6 Å². The molecule has 2 rings (SSSR count). The fourth-order valence-corrected chi connectivity index (χ4v) is 5.81. The van der Waals surface area contributed by atoms with Crippen molar-refractivity contribution in [3.8, 4) is 0 Å². The summed E-state index contributed by atoms with van der Waals surface area (Å²) in [6.07, 6.45) is 24.8. The molecule has 0 saturated carbocycles. The van der Waals surface area contributed by atoms with Gasteiger partial charge in [0.15, 0.2) is 0 Å². The van der Waals surface area contributed by atoms with Crippen molar-refractivity contribution >= 4 is 0 Å². The van der Waals surface area contributed by atoms with Gasteiger partial charge in [-0.3, -0.25) is 0 Å². The molecule has 0 aliphatic heterocycles. The Bertz CT molecular complexity index is 354. The first kappa shape index (κ1) is 14.9. The van der Waals surface area contributed by atoms with Crippen LogP contribution in [0.15, 0.2) is 45.4 Å². The molecule has 1 heteroatoms. The van der Waals surface area contributed by atoms with Crippen molar-refractivity contribution in [3.05, 3.63) is 45.4 Å². The Labute approximate surface area is 123 Å². The third-order valence-corrected chi connectivity index (χ3v) is 7.11. The van der Waals surface area contributed by atoms with Gasteiger partial charge in [-0.05, 0) is 0 Å². The van der Waals surface area contributed by atoms with Crippen molar-refractivity contribution in [3.63, 3.8) is 0 Å². The molecule has 2 aliphatic carbocycles. The zero-order valence-corrected chi connectivity index (χ0v) is 13.3. The molecule has 0 saturated heterocycles. The maximum absolute atomic E-state index is 2.39. The summed E-state index contributed by atoms with van der Waals surface area (Å²) >= 11 is -0.193. The molecule has 0 spiro atoms. The molecule has 2 aliphatic rings. The molecule has 0 N–H and O–H groups in total. The molecular weight excluding hydrogens is 272 g/mol. The average molecular weight is 299 g/mol. The fourth-order valence-electron chi connectivity index (χ4n) is 2.51. The molecular formula is C18H27Fe. The van der Waals surface area contributed by atoms with E-state index >= 15 is 0 Å². The third kappa shape index (κ3) is 4.82. The van der Waals surface area contributed by atoms with Crippen LogP contribution in [0.4, 0.5) is 0 Å². The summed E-state index contributed by atoms with van der Waals surface area (Å²) in [5.41, 5.74) is 0. The molecule has 0 fully saturated rings. The predicted octanol–water partition coefficient (Wildman–Crippen LogP) is 6.07. The Morgan fingerprint density at radius 3 is 1.95 bits per heavy atom. The molecule has 19 heavy (non-hydrogen) atoms. The summed E-state index contributed by atoms with van der Waals surface area (Å²) in [4.78, 5) is 0. The van der Waals surface area contributed by atoms with Crippen LogP contribution in [0, 0.1) is 0 Å². The second kappa shape index (κ2) is 8.61. The van der Waals surface area contributed by atoms with Crippen LogP contribution >= 0.6 is 0 Å². The van der Waals surface area contributed by atoms with Gasteiger partial charge in [0.25, 0.3) is 0 Å². The van der Waals surface area contributed by atoms with Crippen molar-refractivity contribution in [2.24, 2.45) is 0 Å². The molecule has 0 unspecified atom stereocenters. The summed E-state index contributed by atoms with van der Waals surface area (Å²) in [6.45, 7) is 2.29. The van der Waals surface area contributed by atoms with Gasteiger partial charge in [0.05, 0.1) is 0 Å². The number of unbranched alkanes of at least 4 members (excludes halogenated alkanes) is 5. The summed E-state index contributed by atoms with van der Waals surface area (Å²) in [5.74, 6) is 0. The molecule has 0 bridgehead atoms. The van der Waals surface area contributed by atoms with Crippen LogP contribution in [-0.4, -0.2) is 0 Å². The van der Waals surface area contributed by atoms with Crippen LogP contribution in [0.25, 0.3) is 0 Å². The molecule has 0 aromatic carbocycles. The molecule has 0 heterocycles. The normalized spacial score (nSPS) is 17.8. The maximum atomic E-state index is 2.39. The van der Waals surface area contributed by atoms with Crippen LogP contribution in [0.5, 0.6) is 0 Å². The van der Waals surface area contributed by atoms with Crippen molar-refractivity contribution in [2.75, 3.05) is 0 Å². The van der Waals surface area contributed by atoms with Gasteiger partial charge >= 0.3 is 123 Å². The molecule has 0 nitrogen and oxygen atoms in total. The Morgan fingerprint density at radius 1 is 0.842 bits per heavy atom. The van der Waals surface area contributed by atoms with E-state index in [1.165, 1.54) is 56.7 Å². The summed E-state index contributed by atoms with van der Waals surface area (Å²) < 4.78 is 3.45. The number of hydrogen-bond acceptors (Lipinski definition) is 0. The second-order valence-corrected chi connectivity index (χ2v) is 8.27. The van der Waals surface area contributed by atoms with Gasteiger partial charge in [-0.25, -0.2) is 0 Å². The molecule has 0 aromatic heterocycles. The van der Waals surface area contributed by atoms with Gasteiger partial charge in [0.1, 0.15) is 0 Å². The Morgan fingerprint density at radius 2 is 1.42 bits per heavy atom. The molecule has 0 radical (unpaired) electrons. The van der Waals surface area contributed by atoms with Crippen LogP contribution in [0.1, 0.15) is 58.3 Å². The van der Waals surface area contributed by atoms with E-state index in [0.717, 1.165) is 0 Å². The Kier molecular flexibility index (Phi) is 6.74. The zero-order chi connectivity index (χ0) is 13.3. The Balaban J connectivity index is 1.75. The van der Waals surface area contributed by atoms with Crippen molar-refractivity contribution < 1.29 is 13.9 Å². The first-order valence-corrected chi connectivity index (χ1v) is 9.63. The van der Waals surface area contributed by atoms with E-state index in [4.69, 9.17) is 0 Å². The predicted molar refractivity (Wildman–Crippen MR) is 81.9 cm³/mol. The van der Waals surface area contributed by atoms with E-state index < -0.39 is 0 Å². The molecule has 0 amide bonds. The van der Waals surface area contributed by atoms with Gasteiger partial charge in [0, 0.05) is 0 Å². The summed E-state index contributed by atoms with van der Waals surface area (Å²) in [7, 11) is 0. The van der Waals surface area contributed by atoms with E-state index in [2.05, 4.69) is 43.4 Å². The summed E-state index contributed by atoms with van der Waals surface area (Å²) in [6, 6.07) is 0. The van der Waals surface area contributed by atoms with Crippen LogP contribution in [0.2, 0.25) is 5.32 Å². The van der Waals surface area contributed by atoms with Gasteiger partial charge in [-0.1, -0.05) is 0 Å². The van der Waals surface area contributed by atoms with Crippen LogP contribution in [-0.2, 0) is 13.9 Å². The topological polar surface area (TPSA) is 0 Å². The Hall–Kier alpha value is -0.521. The van der Waals surface area contributed by atoms with E-state index in [9.17, 15) is 0 Å². The standard InChI is InChI=1S/C8H17.2C5H5.Fe/c1-3-5-7-8-6-4-2;2*1-2-4-5-3-1;/h1,3-8H2,2H3;2*1-3H,4H2;. The minimum absolute atomic E-state index is 0.193. The zero-order valence-electron chi connectivity index (χ0n) is 12.2. The number of rotatable bonds is 9. The average Bonchev–Trinajstić information content (AvgIpc) is 3.11. The first-order chi connectivity index (χ1) is 9.42. The van der Waals surface area contributed by atoms with Gasteiger partial charge in [-0.2, -0.15) is 0 Å². The molecule has 0 atom stereocenters. The number of allylic oxidation sites excluding steroid dienone is 8. The van der Waals surface area contributed by atoms with E-state index in [1.54, 1.807) is 8.94 Å². The fraction of sp³-hybridized carbons (Fsp3) is 0.556. The van der Waals surface area contributed by atoms with Gasteiger partial charge < -0.3 is 0 Å². The molecule has 107 valence electrons.